The number of rotatable bonds is 5. The summed E-state index contributed by atoms with van der Waals surface area (Å²) in [5, 5.41) is 11.5. The molecule has 258 valence electrons. The lowest BCUT2D eigenvalue weighted by molar-refractivity contribution is 1.51. The molecule has 0 aliphatic rings. The van der Waals surface area contributed by atoms with E-state index in [1.165, 1.54) is 118 Å². The first kappa shape index (κ1) is 32.1. The Labute approximate surface area is 327 Å². The number of fused-ring (bicyclic) bond motifs is 7. The molecule has 9 aromatic carbocycles. The van der Waals surface area contributed by atoms with Gasteiger partial charge in [0, 0.05) is 40.7 Å². The van der Waals surface area contributed by atoms with Gasteiger partial charge in [-0.15, -0.1) is 22.7 Å². The van der Waals surface area contributed by atoms with E-state index < -0.39 is 0 Å². The van der Waals surface area contributed by atoms with Crippen molar-refractivity contribution in [1.82, 2.24) is 0 Å². The molecule has 0 radical (unpaired) electrons. The van der Waals surface area contributed by atoms with Crippen LogP contribution in [0.2, 0.25) is 0 Å². The fourth-order valence-electron chi connectivity index (χ4n) is 9.03. The van der Waals surface area contributed by atoms with Gasteiger partial charge in [-0.25, -0.2) is 0 Å². The molecule has 0 unspecified atom stereocenters. The van der Waals surface area contributed by atoms with Crippen LogP contribution in [0.3, 0.4) is 0 Å². The highest BCUT2D eigenvalue weighted by Crippen LogP contribution is 2.50. The van der Waals surface area contributed by atoms with Crippen LogP contribution in [0.4, 0.5) is 0 Å². The summed E-state index contributed by atoms with van der Waals surface area (Å²) in [5.41, 5.74) is 11.5. The minimum atomic E-state index is 1.22. The predicted molar refractivity (Wildman–Crippen MR) is 244 cm³/mol. The maximum Gasteiger partial charge on any atom is 0.0361 e. The van der Waals surface area contributed by atoms with E-state index in [9.17, 15) is 0 Å². The van der Waals surface area contributed by atoms with E-state index in [1.54, 1.807) is 0 Å². The Morgan fingerprint density at radius 3 is 1.65 bits per heavy atom. The molecule has 0 amide bonds. The van der Waals surface area contributed by atoms with Gasteiger partial charge in [0.2, 0.25) is 0 Å². The average molecular weight is 735 g/mol. The smallest absolute Gasteiger partial charge is 0.0361 e. The largest absolute Gasteiger partial charge is 0.135 e. The maximum absolute atomic E-state index is 4.33. The fraction of sp³-hybridized carbons (Fsp3) is 0.0189. The fourth-order valence-corrected chi connectivity index (χ4v) is 11.2. The summed E-state index contributed by atoms with van der Waals surface area (Å²) in [5.74, 6) is 0. The lowest BCUT2D eigenvalue weighted by Crippen LogP contribution is -1.92. The van der Waals surface area contributed by atoms with Gasteiger partial charge in [0.25, 0.3) is 0 Å². The van der Waals surface area contributed by atoms with E-state index in [-0.39, 0.29) is 0 Å². The SMILES string of the molecule is C=Cc1sc2cc(-c3c4ccccc4c(-c4ccc(-c5ccccc5)c5ccccc45)c4ccccc34)ccc2c1-c1c(C)ccc2sc3ccccc3c12. The zero-order valence-corrected chi connectivity index (χ0v) is 31.9. The molecule has 2 aromatic heterocycles. The van der Waals surface area contributed by atoms with Crippen LogP contribution in [0.15, 0.2) is 176 Å². The summed E-state index contributed by atoms with van der Waals surface area (Å²) in [7, 11) is 0. The number of aryl methyl sites for hydroxylation is 1. The Morgan fingerprint density at radius 2 is 0.964 bits per heavy atom. The van der Waals surface area contributed by atoms with Crippen LogP contribution < -0.4 is 0 Å². The highest BCUT2D eigenvalue weighted by atomic mass is 32.1. The highest BCUT2D eigenvalue weighted by molar-refractivity contribution is 7.26. The second-order valence-electron chi connectivity index (χ2n) is 14.4. The Kier molecular flexibility index (Phi) is 7.38. The van der Waals surface area contributed by atoms with Crippen molar-refractivity contribution in [3.63, 3.8) is 0 Å². The molecular weight excluding hydrogens is 701 g/mol. The minimum Gasteiger partial charge on any atom is -0.135 e. The first-order chi connectivity index (χ1) is 27.2. The first-order valence-corrected chi connectivity index (χ1v) is 20.4. The quantitative estimate of drug-likeness (QED) is 0.154. The third kappa shape index (κ3) is 4.89. The second-order valence-corrected chi connectivity index (χ2v) is 16.6. The van der Waals surface area contributed by atoms with Crippen LogP contribution in [0, 0.1) is 6.92 Å². The molecule has 11 rings (SSSR count). The topological polar surface area (TPSA) is 0 Å². The summed E-state index contributed by atoms with van der Waals surface area (Å²) in [6.45, 7) is 6.58. The van der Waals surface area contributed by atoms with Gasteiger partial charge in [0.05, 0.1) is 0 Å². The summed E-state index contributed by atoms with van der Waals surface area (Å²) in [6, 6.07) is 62.8. The molecule has 0 bridgehead atoms. The van der Waals surface area contributed by atoms with E-state index in [4.69, 9.17) is 0 Å². The Hall–Kier alpha value is -6.32. The number of hydrogen-bond acceptors (Lipinski definition) is 2. The predicted octanol–water partition coefficient (Wildman–Crippen LogP) is 16.3. The van der Waals surface area contributed by atoms with Crippen LogP contribution in [0.25, 0.3) is 113 Å². The Bertz CT molecular complexity index is 3280. The van der Waals surface area contributed by atoms with E-state index in [1.807, 2.05) is 22.7 Å². The Morgan fingerprint density at radius 1 is 0.382 bits per heavy atom. The van der Waals surface area contributed by atoms with Crippen molar-refractivity contribution in [3.05, 3.63) is 187 Å². The normalized spacial score (nSPS) is 11.8. The van der Waals surface area contributed by atoms with Crippen molar-refractivity contribution in [2.45, 2.75) is 6.92 Å². The molecule has 0 nitrogen and oxygen atoms in total. The van der Waals surface area contributed by atoms with Gasteiger partial charge < -0.3 is 0 Å². The molecule has 0 N–H and O–H groups in total. The Balaban J connectivity index is 1.16. The van der Waals surface area contributed by atoms with Gasteiger partial charge in [0.1, 0.15) is 0 Å². The summed E-state index contributed by atoms with van der Waals surface area (Å²) < 4.78 is 3.93. The first-order valence-electron chi connectivity index (χ1n) is 18.8. The monoisotopic (exact) mass is 734 g/mol. The average Bonchev–Trinajstić information content (AvgIpc) is 3.81. The van der Waals surface area contributed by atoms with Gasteiger partial charge >= 0.3 is 0 Å². The third-order valence-corrected chi connectivity index (χ3v) is 13.7. The van der Waals surface area contributed by atoms with E-state index >= 15 is 0 Å². The number of benzene rings is 9. The molecule has 0 fully saturated rings. The van der Waals surface area contributed by atoms with Crippen molar-refractivity contribution in [1.29, 1.82) is 0 Å². The van der Waals surface area contributed by atoms with Crippen molar-refractivity contribution in [2.24, 2.45) is 0 Å². The second kappa shape index (κ2) is 12.6. The standard InChI is InChI=1S/C53H34S2/c1-3-45-52(49-32(2)25-30-47-53(49)43-23-13-14-24-46(43)55-47)44-27-26-34(31-48(44)54-45)50-38-19-9-11-21-40(38)51(41-22-12-10-20-39(41)50)42-29-28-35(33-15-5-4-6-16-33)36-17-7-8-18-37(36)42/h3-31H,1H2,2H3. The molecule has 55 heavy (non-hydrogen) atoms. The molecular formula is C53H34S2. The van der Waals surface area contributed by atoms with Gasteiger partial charge in [-0.3, -0.25) is 0 Å². The van der Waals surface area contributed by atoms with Crippen molar-refractivity contribution in [3.8, 4) is 44.5 Å². The van der Waals surface area contributed by atoms with Crippen LogP contribution in [0.1, 0.15) is 10.4 Å². The van der Waals surface area contributed by atoms with Crippen molar-refractivity contribution in [2.75, 3.05) is 0 Å². The lowest BCUT2D eigenvalue weighted by Gasteiger charge is -2.19. The molecule has 0 atom stereocenters. The van der Waals surface area contributed by atoms with E-state index in [0.29, 0.717) is 0 Å². The van der Waals surface area contributed by atoms with Crippen LogP contribution in [-0.2, 0) is 0 Å². The number of hydrogen-bond donors (Lipinski definition) is 0. The maximum atomic E-state index is 4.33. The molecule has 2 heteroatoms. The van der Waals surface area contributed by atoms with Crippen molar-refractivity contribution >= 4 is 91.3 Å². The summed E-state index contributed by atoms with van der Waals surface area (Å²) in [6.07, 6.45) is 2.06. The molecule has 11 aromatic rings. The zero-order chi connectivity index (χ0) is 36.6. The van der Waals surface area contributed by atoms with Gasteiger partial charge in [0.15, 0.2) is 0 Å². The van der Waals surface area contributed by atoms with Gasteiger partial charge in [-0.1, -0.05) is 164 Å². The third-order valence-electron chi connectivity index (χ3n) is 11.4. The van der Waals surface area contributed by atoms with Crippen molar-refractivity contribution < 1.29 is 0 Å². The highest BCUT2D eigenvalue weighted by Gasteiger charge is 2.22. The van der Waals surface area contributed by atoms with Gasteiger partial charge in [-0.05, 0) is 102 Å². The van der Waals surface area contributed by atoms with Crippen LogP contribution >= 0.6 is 22.7 Å². The van der Waals surface area contributed by atoms with E-state index in [2.05, 4.69) is 189 Å². The minimum absolute atomic E-state index is 1.22. The van der Waals surface area contributed by atoms with E-state index in [0.717, 1.165) is 0 Å². The molecule has 0 aliphatic carbocycles. The van der Waals surface area contributed by atoms with Gasteiger partial charge in [-0.2, -0.15) is 0 Å². The molecule has 0 saturated heterocycles. The van der Waals surface area contributed by atoms with Crippen LogP contribution in [-0.4, -0.2) is 0 Å². The molecule has 0 saturated carbocycles. The number of thiophene rings is 2. The summed E-state index contributed by atoms with van der Waals surface area (Å²) >= 11 is 3.73. The molecule has 0 aliphatic heterocycles. The lowest BCUT2D eigenvalue weighted by atomic mass is 9.83. The van der Waals surface area contributed by atoms with Crippen LogP contribution in [0.5, 0.6) is 0 Å². The zero-order valence-electron chi connectivity index (χ0n) is 30.3. The molecule has 2 heterocycles. The summed E-state index contributed by atoms with van der Waals surface area (Å²) in [4.78, 5) is 1.22. The molecule has 0 spiro atoms.